The van der Waals surface area contributed by atoms with Crippen LogP contribution in [-0.2, 0) is 14.3 Å². The Morgan fingerprint density at radius 2 is 1.64 bits per heavy atom. The van der Waals surface area contributed by atoms with Gasteiger partial charge in [0.15, 0.2) is 0 Å². The van der Waals surface area contributed by atoms with Crippen LogP contribution in [0.15, 0.2) is 0 Å². The standard InChI is InChI=1S/C15H29N3O4/c1-8-9-16-11(19)10(2)17-12(20)15(6,7)18-13(21)22-14(3,4)5/h10H,8-9H2,1-7H3,(H,16,19)(H,17,20)(H,18,21). The number of nitrogens with one attached hydrogen (secondary N) is 3. The SMILES string of the molecule is CCCNC(=O)C(C)NC(=O)C(C)(C)NC(=O)OC(C)(C)C. The summed E-state index contributed by atoms with van der Waals surface area (Å²) in [4.78, 5) is 35.7. The topological polar surface area (TPSA) is 96.5 Å². The van der Waals surface area contributed by atoms with Crippen molar-refractivity contribution < 1.29 is 19.1 Å². The van der Waals surface area contributed by atoms with E-state index in [1.807, 2.05) is 6.92 Å². The highest BCUT2D eigenvalue weighted by molar-refractivity contribution is 5.93. The number of rotatable bonds is 6. The summed E-state index contributed by atoms with van der Waals surface area (Å²) >= 11 is 0. The number of carbonyl (C=O) groups is 3. The first-order valence-electron chi connectivity index (χ1n) is 7.49. The van der Waals surface area contributed by atoms with Crippen LogP contribution in [0.25, 0.3) is 0 Å². The molecule has 0 aromatic rings. The molecule has 0 fully saturated rings. The lowest BCUT2D eigenvalue weighted by atomic mass is 10.0. The number of alkyl carbamates (subject to hydrolysis) is 1. The van der Waals surface area contributed by atoms with Gasteiger partial charge in [-0.3, -0.25) is 9.59 Å². The fraction of sp³-hybridized carbons (Fsp3) is 0.800. The molecule has 0 heterocycles. The van der Waals surface area contributed by atoms with Crippen LogP contribution in [0, 0.1) is 0 Å². The molecule has 0 saturated carbocycles. The lowest BCUT2D eigenvalue weighted by molar-refractivity contribution is -0.131. The van der Waals surface area contributed by atoms with Gasteiger partial charge in [0.05, 0.1) is 0 Å². The maximum atomic E-state index is 12.2. The van der Waals surface area contributed by atoms with E-state index in [0.717, 1.165) is 6.42 Å². The predicted molar refractivity (Wildman–Crippen MR) is 84.4 cm³/mol. The van der Waals surface area contributed by atoms with Gasteiger partial charge in [0, 0.05) is 6.54 Å². The maximum absolute atomic E-state index is 12.2. The molecule has 0 saturated heterocycles. The molecule has 0 aromatic heterocycles. The van der Waals surface area contributed by atoms with E-state index in [1.54, 1.807) is 41.5 Å². The van der Waals surface area contributed by atoms with Gasteiger partial charge in [-0.1, -0.05) is 6.92 Å². The van der Waals surface area contributed by atoms with Crippen molar-refractivity contribution >= 4 is 17.9 Å². The summed E-state index contributed by atoms with van der Waals surface area (Å²) in [5.41, 5.74) is -1.84. The predicted octanol–water partition coefficient (Wildman–Crippen LogP) is 1.32. The summed E-state index contributed by atoms with van der Waals surface area (Å²) in [7, 11) is 0. The number of carbonyl (C=O) groups excluding carboxylic acids is 3. The molecule has 0 aliphatic rings. The van der Waals surface area contributed by atoms with E-state index in [-0.39, 0.29) is 5.91 Å². The molecule has 0 spiro atoms. The van der Waals surface area contributed by atoms with Crippen molar-refractivity contribution in [3.8, 4) is 0 Å². The zero-order chi connectivity index (χ0) is 17.6. The van der Waals surface area contributed by atoms with Crippen LogP contribution in [0.3, 0.4) is 0 Å². The summed E-state index contributed by atoms with van der Waals surface area (Å²) in [5.74, 6) is -0.722. The van der Waals surface area contributed by atoms with Crippen LogP contribution >= 0.6 is 0 Å². The van der Waals surface area contributed by atoms with Gasteiger partial charge in [-0.15, -0.1) is 0 Å². The van der Waals surface area contributed by atoms with Crippen LogP contribution in [-0.4, -0.2) is 41.6 Å². The molecule has 0 aromatic carbocycles. The van der Waals surface area contributed by atoms with Crippen LogP contribution in [0.4, 0.5) is 4.79 Å². The Morgan fingerprint density at radius 1 is 1.09 bits per heavy atom. The molecule has 1 atom stereocenters. The number of ether oxygens (including phenoxy) is 1. The highest BCUT2D eigenvalue weighted by Crippen LogP contribution is 2.09. The van der Waals surface area contributed by atoms with Crippen molar-refractivity contribution in [1.82, 2.24) is 16.0 Å². The Morgan fingerprint density at radius 3 is 2.09 bits per heavy atom. The van der Waals surface area contributed by atoms with Crippen molar-refractivity contribution in [2.45, 2.75) is 72.1 Å². The minimum absolute atomic E-state index is 0.261. The van der Waals surface area contributed by atoms with Crippen LogP contribution in [0.2, 0.25) is 0 Å². The molecular weight excluding hydrogens is 286 g/mol. The minimum atomic E-state index is -1.19. The molecule has 0 radical (unpaired) electrons. The highest BCUT2D eigenvalue weighted by Gasteiger charge is 2.33. The van der Waals surface area contributed by atoms with E-state index in [2.05, 4.69) is 16.0 Å². The molecule has 0 aliphatic carbocycles. The van der Waals surface area contributed by atoms with Crippen molar-refractivity contribution in [2.24, 2.45) is 0 Å². The number of hydrogen-bond acceptors (Lipinski definition) is 4. The second-order valence-electron chi connectivity index (χ2n) is 6.74. The molecular formula is C15H29N3O4. The van der Waals surface area contributed by atoms with Crippen molar-refractivity contribution in [2.75, 3.05) is 6.54 Å². The average Bonchev–Trinajstić information content (AvgIpc) is 2.32. The maximum Gasteiger partial charge on any atom is 0.408 e. The quantitative estimate of drug-likeness (QED) is 0.688. The Bertz CT molecular complexity index is 414. The molecule has 0 rings (SSSR count). The van der Waals surface area contributed by atoms with E-state index in [1.165, 1.54) is 0 Å². The minimum Gasteiger partial charge on any atom is -0.444 e. The van der Waals surface area contributed by atoms with E-state index < -0.39 is 29.2 Å². The summed E-state index contributed by atoms with van der Waals surface area (Å²) in [6.45, 7) is 12.4. The summed E-state index contributed by atoms with van der Waals surface area (Å²) in [5, 5.41) is 7.77. The first-order chi connectivity index (χ1) is 9.89. The number of hydrogen-bond donors (Lipinski definition) is 3. The third-order valence-electron chi connectivity index (χ3n) is 2.67. The molecule has 0 bridgehead atoms. The van der Waals surface area contributed by atoms with Crippen LogP contribution in [0.5, 0.6) is 0 Å². The van der Waals surface area contributed by atoms with E-state index in [0.29, 0.717) is 6.54 Å². The molecule has 1 unspecified atom stereocenters. The zero-order valence-electron chi connectivity index (χ0n) is 14.6. The fourth-order valence-electron chi connectivity index (χ4n) is 1.46. The highest BCUT2D eigenvalue weighted by atomic mass is 16.6. The molecule has 22 heavy (non-hydrogen) atoms. The lowest BCUT2D eigenvalue weighted by Gasteiger charge is -2.28. The van der Waals surface area contributed by atoms with E-state index >= 15 is 0 Å². The van der Waals surface area contributed by atoms with Gasteiger partial charge in [0.25, 0.3) is 0 Å². The van der Waals surface area contributed by atoms with Crippen LogP contribution < -0.4 is 16.0 Å². The Hall–Kier alpha value is -1.79. The van der Waals surface area contributed by atoms with Crippen LogP contribution in [0.1, 0.15) is 54.9 Å². The second-order valence-corrected chi connectivity index (χ2v) is 6.74. The average molecular weight is 315 g/mol. The summed E-state index contributed by atoms with van der Waals surface area (Å²) in [6, 6.07) is -0.682. The van der Waals surface area contributed by atoms with Gasteiger partial charge >= 0.3 is 6.09 Å². The molecule has 7 heteroatoms. The lowest BCUT2D eigenvalue weighted by Crippen LogP contribution is -2.58. The van der Waals surface area contributed by atoms with Gasteiger partial charge in [0.2, 0.25) is 11.8 Å². The van der Waals surface area contributed by atoms with E-state index in [9.17, 15) is 14.4 Å². The third-order valence-corrected chi connectivity index (χ3v) is 2.67. The summed E-state index contributed by atoms with van der Waals surface area (Å²) < 4.78 is 5.12. The fourth-order valence-corrected chi connectivity index (χ4v) is 1.46. The van der Waals surface area contributed by atoms with Gasteiger partial charge in [-0.2, -0.15) is 0 Å². The zero-order valence-corrected chi connectivity index (χ0v) is 14.6. The largest absolute Gasteiger partial charge is 0.444 e. The molecule has 3 amide bonds. The molecule has 128 valence electrons. The second kappa shape index (κ2) is 8.00. The van der Waals surface area contributed by atoms with Crippen molar-refractivity contribution in [3.63, 3.8) is 0 Å². The molecule has 7 nitrogen and oxygen atoms in total. The Kier molecular flexibility index (Phi) is 7.35. The van der Waals surface area contributed by atoms with Gasteiger partial charge in [-0.05, 0) is 48.0 Å². The van der Waals surface area contributed by atoms with Gasteiger partial charge in [0.1, 0.15) is 17.2 Å². The van der Waals surface area contributed by atoms with Gasteiger partial charge < -0.3 is 20.7 Å². The third kappa shape index (κ3) is 7.85. The van der Waals surface area contributed by atoms with Crippen molar-refractivity contribution in [3.05, 3.63) is 0 Å². The molecule has 3 N–H and O–H groups in total. The van der Waals surface area contributed by atoms with E-state index in [4.69, 9.17) is 4.74 Å². The Labute approximate surface area is 132 Å². The Balaban J connectivity index is 4.55. The first-order valence-corrected chi connectivity index (χ1v) is 7.49. The normalized spacial score (nSPS) is 13.0. The van der Waals surface area contributed by atoms with Crippen molar-refractivity contribution in [1.29, 1.82) is 0 Å². The summed E-state index contributed by atoms with van der Waals surface area (Å²) in [6.07, 6.45) is 0.133. The monoisotopic (exact) mass is 315 g/mol. The first kappa shape index (κ1) is 20.2. The van der Waals surface area contributed by atoms with Gasteiger partial charge in [-0.25, -0.2) is 4.79 Å². The number of amides is 3. The molecule has 0 aliphatic heterocycles. The smallest absolute Gasteiger partial charge is 0.408 e.